The molecule has 0 spiro atoms. The van der Waals surface area contributed by atoms with Crippen molar-refractivity contribution >= 4 is 17.3 Å². The minimum Gasteiger partial charge on any atom is -0.494 e. The number of carbonyl (C=O) groups is 1. The predicted octanol–water partition coefficient (Wildman–Crippen LogP) is 4.88. The molecule has 1 atom stereocenters. The second-order valence-electron chi connectivity index (χ2n) is 6.98. The lowest BCUT2D eigenvalue weighted by molar-refractivity contribution is 0.102. The number of amides is 1. The third-order valence-electron chi connectivity index (χ3n) is 5.08. The summed E-state index contributed by atoms with van der Waals surface area (Å²) < 4.78 is 11.1. The summed E-state index contributed by atoms with van der Waals surface area (Å²) in [6.45, 7) is 5.32. The van der Waals surface area contributed by atoms with Crippen LogP contribution in [0.1, 0.15) is 35.5 Å². The van der Waals surface area contributed by atoms with Gasteiger partial charge in [-0.1, -0.05) is 18.2 Å². The molecule has 0 saturated heterocycles. The van der Waals surface area contributed by atoms with E-state index in [2.05, 4.69) is 35.3 Å². The van der Waals surface area contributed by atoms with E-state index in [0.717, 1.165) is 17.9 Å². The minimum absolute atomic E-state index is 0.173. The lowest BCUT2D eigenvalue weighted by atomic mass is 10.1. The van der Waals surface area contributed by atoms with Gasteiger partial charge in [-0.3, -0.25) is 4.79 Å². The van der Waals surface area contributed by atoms with E-state index in [1.807, 2.05) is 37.3 Å². The summed E-state index contributed by atoms with van der Waals surface area (Å²) >= 11 is 0. The van der Waals surface area contributed by atoms with Gasteiger partial charge in [0.2, 0.25) is 0 Å². The van der Waals surface area contributed by atoms with Gasteiger partial charge in [0.05, 0.1) is 25.0 Å². The maximum absolute atomic E-state index is 12.8. The first kappa shape index (κ1) is 18.2. The van der Waals surface area contributed by atoms with Gasteiger partial charge in [-0.15, -0.1) is 0 Å². The standard InChI is InChI=1S/C23H24N2O3/c1-3-27-19-10-8-18(9-11-19)24-23(26)20-12-13-28-22(20)15-25-16(2)14-17-6-4-5-7-21(17)25/h4-13,16H,3,14-15H2,1-2H3,(H,24,26). The fourth-order valence-corrected chi connectivity index (χ4v) is 3.69. The molecular weight excluding hydrogens is 352 g/mol. The average Bonchev–Trinajstić information content (AvgIpc) is 3.29. The van der Waals surface area contributed by atoms with Gasteiger partial charge in [-0.2, -0.15) is 0 Å². The summed E-state index contributed by atoms with van der Waals surface area (Å²) in [5.74, 6) is 1.28. The number of carbonyl (C=O) groups excluding carboxylic acids is 1. The molecule has 4 rings (SSSR count). The summed E-state index contributed by atoms with van der Waals surface area (Å²) in [5.41, 5.74) is 3.83. The van der Waals surface area contributed by atoms with Crippen molar-refractivity contribution in [3.05, 3.63) is 77.7 Å². The largest absolute Gasteiger partial charge is 0.494 e. The van der Waals surface area contributed by atoms with Crippen LogP contribution in [-0.4, -0.2) is 18.6 Å². The van der Waals surface area contributed by atoms with Gasteiger partial charge in [-0.05, 0) is 62.2 Å². The van der Waals surface area contributed by atoms with E-state index >= 15 is 0 Å². The number of benzene rings is 2. The minimum atomic E-state index is -0.173. The second kappa shape index (κ2) is 7.80. The average molecular weight is 376 g/mol. The van der Waals surface area contributed by atoms with Gasteiger partial charge in [0.25, 0.3) is 5.91 Å². The molecule has 5 heteroatoms. The zero-order valence-electron chi connectivity index (χ0n) is 16.1. The lowest BCUT2D eigenvalue weighted by Gasteiger charge is -2.24. The van der Waals surface area contributed by atoms with Crippen molar-refractivity contribution < 1.29 is 13.9 Å². The quantitative estimate of drug-likeness (QED) is 0.666. The number of hydrogen-bond acceptors (Lipinski definition) is 4. The Kier molecular flexibility index (Phi) is 5.06. The first-order valence-corrected chi connectivity index (χ1v) is 9.61. The van der Waals surface area contributed by atoms with Crippen LogP contribution in [0.5, 0.6) is 5.75 Å². The Balaban J connectivity index is 1.49. The van der Waals surface area contributed by atoms with E-state index < -0.39 is 0 Å². The molecule has 1 amide bonds. The Morgan fingerprint density at radius 3 is 2.75 bits per heavy atom. The number of hydrogen-bond donors (Lipinski definition) is 1. The maximum atomic E-state index is 12.8. The number of nitrogens with zero attached hydrogens (tertiary/aromatic N) is 1. The van der Waals surface area contributed by atoms with Crippen LogP contribution in [0.15, 0.2) is 65.3 Å². The molecule has 2 heterocycles. The zero-order valence-corrected chi connectivity index (χ0v) is 16.1. The topological polar surface area (TPSA) is 54.7 Å². The number of rotatable bonds is 6. The Hall–Kier alpha value is -3.21. The van der Waals surface area contributed by atoms with Crippen LogP contribution in [0.2, 0.25) is 0 Å². The van der Waals surface area contributed by atoms with Crippen LogP contribution >= 0.6 is 0 Å². The summed E-state index contributed by atoms with van der Waals surface area (Å²) in [6.07, 6.45) is 2.58. The highest BCUT2D eigenvalue weighted by Gasteiger charge is 2.28. The molecule has 1 aliphatic heterocycles. The molecule has 1 aliphatic rings. The van der Waals surface area contributed by atoms with Crippen molar-refractivity contribution in [3.8, 4) is 5.75 Å². The third kappa shape index (κ3) is 3.60. The lowest BCUT2D eigenvalue weighted by Crippen LogP contribution is -2.29. The fourth-order valence-electron chi connectivity index (χ4n) is 3.69. The van der Waals surface area contributed by atoms with Crippen molar-refractivity contribution in [1.82, 2.24) is 0 Å². The van der Waals surface area contributed by atoms with Crippen LogP contribution < -0.4 is 15.0 Å². The van der Waals surface area contributed by atoms with Crippen molar-refractivity contribution in [2.75, 3.05) is 16.8 Å². The molecule has 144 valence electrons. The molecule has 28 heavy (non-hydrogen) atoms. The Morgan fingerprint density at radius 2 is 1.96 bits per heavy atom. The van der Waals surface area contributed by atoms with Gasteiger partial charge < -0.3 is 19.4 Å². The van der Waals surface area contributed by atoms with Crippen LogP contribution in [0.25, 0.3) is 0 Å². The SMILES string of the molecule is CCOc1ccc(NC(=O)c2ccoc2CN2c3ccccc3CC2C)cc1. The van der Waals surface area contributed by atoms with E-state index in [9.17, 15) is 4.79 Å². The summed E-state index contributed by atoms with van der Waals surface area (Å²) in [7, 11) is 0. The van der Waals surface area contributed by atoms with Gasteiger partial charge in [0.1, 0.15) is 11.5 Å². The number of para-hydroxylation sites is 1. The van der Waals surface area contributed by atoms with E-state index in [-0.39, 0.29) is 5.91 Å². The van der Waals surface area contributed by atoms with Gasteiger partial charge in [0, 0.05) is 17.4 Å². The number of fused-ring (bicyclic) bond motifs is 1. The monoisotopic (exact) mass is 376 g/mol. The molecule has 0 saturated carbocycles. The zero-order chi connectivity index (χ0) is 19.5. The second-order valence-corrected chi connectivity index (χ2v) is 6.98. The summed E-state index contributed by atoms with van der Waals surface area (Å²) in [5, 5.41) is 2.94. The van der Waals surface area contributed by atoms with Crippen molar-refractivity contribution in [3.63, 3.8) is 0 Å². The molecule has 1 aromatic heterocycles. The highest BCUT2D eigenvalue weighted by Crippen LogP contribution is 2.33. The summed E-state index contributed by atoms with van der Waals surface area (Å²) in [6, 6.07) is 17.9. The first-order valence-electron chi connectivity index (χ1n) is 9.61. The third-order valence-corrected chi connectivity index (χ3v) is 5.08. The van der Waals surface area contributed by atoms with Crippen molar-refractivity contribution in [2.24, 2.45) is 0 Å². The molecule has 5 nitrogen and oxygen atoms in total. The normalized spacial score (nSPS) is 15.4. The Bertz CT molecular complexity index is 962. The van der Waals surface area contributed by atoms with Gasteiger partial charge in [-0.25, -0.2) is 0 Å². The number of ether oxygens (including phenoxy) is 1. The molecule has 0 bridgehead atoms. The maximum Gasteiger partial charge on any atom is 0.259 e. The fraction of sp³-hybridized carbons (Fsp3) is 0.261. The van der Waals surface area contributed by atoms with E-state index in [0.29, 0.717) is 30.5 Å². The van der Waals surface area contributed by atoms with Gasteiger partial charge >= 0.3 is 0 Å². The number of nitrogens with one attached hydrogen (secondary N) is 1. The molecule has 1 N–H and O–H groups in total. The van der Waals surface area contributed by atoms with Crippen molar-refractivity contribution in [2.45, 2.75) is 32.9 Å². The van der Waals surface area contributed by atoms with Crippen LogP contribution in [0.4, 0.5) is 11.4 Å². The van der Waals surface area contributed by atoms with Crippen LogP contribution in [0, 0.1) is 0 Å². The molecule has 2 aromatic carbocycles. The predicted molar refractivity (Wildman–Crippen MR) is 110 cm³/mol. The number of anilines is 2. The van der Waals surface area contributed by atoms with E-state index in [4.69, 9.17) is 9.15 Å². The molecule has 0 radical (unpaired) electrons. The van der Waals surface area contributed by atoms with Crippen LogP contribution in [0.3, 0.4) is 0 Å². The first-order chi connectivity index (χ1) is 13.7. The molecule has 1 unspecified atom stereocenters. The highest BCUT2D eigenvalue weighted by molar-refractivity contribution is 6.05. The molecule has 0 aliphatic carbocycles. The molecule has 0 fully saturated rings. The van der Waals surface area contributed by atoms with E-state index in [1.54, 1.807) is 12.3 Å². The van der Waals surface area contributed by atoms with Crippen LogP contribution in [-0.2, 0) is 13.0 Å². The van der Waals surface area contributed by atoms with E-state index in [1.165, 1.54) is 11.3 Å². The summed E-state index contributed by atoms with van der Waals surface area (Å²) in [4.78, 5) is 15.1. The molecular formula is C23H24N2O3. The van der Waals surface area contributed by atoms with Crippen molar-refractivity contribution in [1.29, 1.82) is 0 Å². The molecule has 3 aromatic rings. The highest BCUT2D eigenvalue weighted by atomic mass is 16.5. The Morgan fingerprint density at radius 1 is 1.18 bits per heavy atom. The number of furan rings is 1. The van der Waals surface area contributed by atoms with Gasteiger partial charge in [0.15, 0.2) is 0 Å². The Labute approximate surface area is 164 Å². The smallest absolute Gasteiger partial charge is 0.259 e.